The molecule has 4 heteroatoms. The Balaban J connectivity index is 2.71. The molecule has 0 N–H and O–H groups in total. The van der Waals surface area contributed by atoms with E-state index in [9.17, 15) is 9.59 Å². The van der Waals surface area contributed by atoms with Gasteiger partial charge in [0.15, 0.2) is 0 Å². The van der Waals surface area contributed by atoms with Crippen molar-refractivity contribution in [3.63, 3.8) is 0 Å². The second-order valence-electron chi connectivity index (χ2n) is 7.47. The molecule has 0 saturated carbocycles. The van der Waals surface area contributed by atoms with E-state index >= 15 is 0 Å². The van der Waals surface area contributed by atoms with Gasteiger partial charge in [0.1, 0.15) is 0 Å². The third kappa shape index (κ3) is 7.21. The van der Waals surface area contributed by atoms with Gasteiger partial charge in [-0.2, -0.15) is 0 Å². The maximum absolute atomic E-state index is 12.7. The standard InChI is InChI=1S/C21H36O4/c1-6-8-12-16(4)24-20(22)18-14-10-11-15(3)19(18)21(23)25-17(5)13-9-7-2/h10,14-19H,6-9,11-13H2,1-5H3. The number of unbranched alkanes of at least 4 members (excludes halogenated alkanes) is 2. The van der Waals surface area contributed by atoms with Gasteiger partial charge in [-0.05, 0) is 39.0 Å². The van der Waals surface area contributed by atoms with E-state index in [1.54, 1.807) is 0 Å². The maximum Gasteiger partial charge on any atom is 0.313 e. The van der Waals surface area contributed by atoms with Crippen LogP contribution in [0.25, 0.3) is 0 Å². The summed E-state index contributed by atoms with van der Waals surface area (Å²) in [6, 6.07) is 0. The maximum atomic E-state index is 12.7. The van der Waals surface area contributed by atoms with Crippen LogP contribution in [-0.2, 0) is 19.1 Å². The normalized spacial score (nSPS) is 25.2. The van der Waals surface area contributed by atoms with Crippen molar-refractivity contribution < 1.29 is 19.1 Å². The molecule has 0 heterocycles. The highest BCUT2D eigenvalue weighted by Gasteiger charge is 2.40. The molecule has 0 aliphatic heterocycles. The van der Waals surface area contributed by atoms with Crippen LogP contribution in [0, 0.1) is 17.8 Å². The van der Waals surface area contributed by atoms with Crippen molar-refractivity contribution in [1.82, 2.24) is 0 Å². The van der Waals surface area contributed by atoms with Crippen molar-refractivity contribution in [1.29, 1.82) is 0 Å². The third-order valence-corrected chi connectivity index (χ3v) is 4.96. The summed E-state index contributed by atoms with van der Waals surface area (Å²) >= 11 is 0. The fraction of sp³-hybridized carbons (Fsp3) is 0.810. The molecule has 1 rings (SSSR count). The third-order valence-electron chi connectivity index (χ3n) is 4.96. The highest BCUT2D eigenvalue weighted by molar-refractivity contribution is 5.84. The predicted octanol–water partition coefficient (Wildman–Crippen LogP) is 5.06. The Morgan fingerprint density at radius 2 is 1.52 bits per heavy atom. The van der Waals surface area contributed by atoms with E-state index in [0.717, 1.165) is 44.9 Å². The van der Waals surface area contributed by atoms with Crippen LogP contribution in [0.2, 0.25) is 0 Å². The molecule has 0 bridgehead atoms. The lowest BCUT2D eigenvalue weighted by Crippen LogP contribution is -2.39. The number of ether oxygens (including phenoxy) is 2. The van der Waals surface area contributed by atoms with Gasteiger partial charge in [0.25, 0.3) is 0 Å². The monoisotopic (exact) mass is 352 g/mol. The fourth-order valence-electron chi connectivity index (χ4n) is 3.32. The minimum absolute atomic E-state index is 0.0828. The zero-order valence-electron chi connectivity index (χ0n) is 16.6. The van der Waals surface area contributed by atoms with E-state index in [2.05, 4.69) is 13.8 Å². The minimum Gasteiger partial charge on any atom is -0.462 e. The summed E-state index contributed by atoms with van der Waals surface area (Å²) in [6.45, 7) is 10.1. The van der Waals surface area contributed by atoms with Crippen LogP contribution < -0.4 is 0 Å². The second-order valence-corrected chi connectivity index (χ2v) is 7.47. The van der Waals surface area contributed by atoms with Gasteiger partial charge < -0.3 is 9.47 Å². The quantitative estimate of drug-likeness (QED) is 0.407. The second kappa shape index (κ2) is 11.3. The van der Waals surface area contributed by atoms with Crippen LogP contribution in [0.15, 0.2) is 12.2 Å². The van der Waals surface area contributed by atoms with Crippen LogP contribution in [0.1, 0.15) is 79.6 Å². The van der Waals surface area contributed by atoms with Crippen molar-refractivity contribution in [3.05, 3.63) is 12.2 Å². The molecule has 144 valence electrons. The van der Waals surface area contributed by atoms with Crippen molar-refractivity contribution in [2.75, 3.05) is 0 Å². The largest absolute Gasteiger partial charge is 0.462 e. The Hall–Kier alpha value is -1.32. The summed E-state index contributed by atoms with van der Waals surface area (Å²) in [4.78, 5) is 25.3. The zero-order chi connectivity index (χ0) is 18.8. The Morgan fingerprint density at radius 3 is 2.04 bits per heavy atom. The SMILES string of the molecule is CCCCC(C)OC(=O)C1C=CCC(C)C1C(=O)OC(C)CCCC. The first-order valence-electron chi connectivity index (χ1n) is 9.98. The number of esters is 2. The highest BCUT2D eigenvalue weighted by Crippen LogP contribution is 2.33. The molecule has 0 spiro atoms. The molecule has 5 unspecified atom stereocenters. The number of rotatable bonds is 10. The summed E-state index contributed by atoms with van der Waals surface area (Å²) in [5, 5.41) is 0. The summed E-state index contributed by atoms with van der Waals surface area (Å²) in [6.07, 6.45) is 10.3. The van der Waals surface area contributed by atoms with Crippen molar-refractivity contribution in [2.45, 2.75) is 91.8 Å². The summed E-state index contributed by atoms with van der Waals surface area (Å²) < 4.78 is 11.2. The number of allylic oxidation sites excluding steroid dienone is 1. The first-order chi connectivity index (χ1) is 11.9. The number of carbonyl (C=O) groups is 2. The number of carbonyl (C=O) groups excluding carboxylic acids is 2. The van der Waals surface area contributed by atoms with Crippen LogP contribution >= 0.6 is 0 Å². The summed E-state index contributed by atoms with van der Waals surface area (Å²) in [5.74, 6) is -1.45. The number of hydrogen-bond donors (Lipinski definition) is 0. The van der Waals surface area contributed by atoms with Crippen LogP contribution in [0.4, 0.5) is 0 Å². The molecule has 0 aromatic heterocycles. The van der Waals surface area contributed by atoms with Crippen molar-refractivity contribution in [3.8, 4) is 0 Å². The molecule has 0 amide bonds. The molecule has 25 heavy (non-hydrogen) atoms. The molecule has 1 aliphatic carbocycles. The lowest BCUT2D eigenvalue weighted by Gasteiger charge is -2.31. The zero-order valence-corrected chi connectivity index (χ0v) is 16.6. The fourth-order valence-corrected chi connectivity index (χ4v) is 3.32. The van der Waals surface area contributed by atoms with E-state index in [0.29, 0.717) is 0 Å². The van der Waals surface area contributed by atoms with E-state index < -0.39 is 11.8 Å². The van der Waals surface area contributed by atoms with Gasteiger partial charge in [-0.15, -0.1) is 0 Å². The molecule has 0 aromatic carbocycles. The topological polar surface area (TPSA) is 52.6 Å². The Bertz CT molecular complexity index is 443. The van der Waals surface area contributed by atoms with E-state index in [-0.39, 0.29) is 30.1 Å². The van der Waals surface area contributed by atoms with E-state index in [1.807, 2.05) is 32.9 Å². The van der Waals surface area contributed by atoms with Crippen LogP contribution in [-0.4, -0.2) is 24.1 Å². The van der Waals surface area contributed by atoms with Crippen molar-refractivity contribution >= 4 is 11.9 Å². The molecule has 0 radical (unpaired) electrons. The minimum atomic E-state index is -0.529. The van der Waals surface area contributed by atoms with Gasteiger partial charge in [0, 0.05) is 0 Å². The molecule has 0 fully saturated rings. The van der Waals surface area contributed by atoms with E-state index in [1.165, 1.54) is 0 Å². The first-order valence-corrected chi connectivity index (χ1v) is 9.98. The van der Waals surface area contributed by atoms with E-state index in [4.69, 9.17) is 9.47 Å². The lowest BCUT2D eigenvalue weighted by atomic mass is 9.76. The first kappa shape index (κ1) is 21.7. The molecule has 1 aliphatic rings. The molecule has 5 atom stereocenters. The molecular formula is C21H36O4. The average molecular weight is 353 g/mol. The van der Waals surface area contributed by atoms with Gasteiger partial charge >= 0.3 is 11.9 Å². The molecular weight excluding hydrogens is 316 g/mol. The Kier molecular flexibility index (Phi) is 9.84. The van der Waals surface area contributed by atoms with Gasteiger partial charge in [-0.1, -0.05) is 58.6 Å². The van der Waals surface area contributed by atoms with Gasteiger partial charge in [-0.3, -0.25) is 9.59 Å². The van der Waals surface area contributed by atoms with Gasteiger partial charge in [0.2, 0.25) is 0 Å². The Morgan fingerprint density at radius 1 is 1.00 bits per heavy atom. The Labute approximate surface area is 153 Å². The molecule has 4 nitrogen and oxygen atoms in total. The lowest BCUT2D eigenvalue weighted by molar-refractivity contribution is -0.166. The average Bonchev–Trinajstić information content (AvgIpc) is 2.57. The van der Waals surface area contributed by atoms with Crippen LogP contribution in [0.3, 0.4) is 0 Å². The molecule has 0 aromatic rings. The highest BCUT2D eigenvalue weighted by atomic mass is 16.6. The molecule has 0 saturated heterocycles. The van der Waals surface area contributed by atoms with Crippen molar-refractivity contribution in [2.24, 2.45) is 17.8 Å². The van der Waals surface area contributed by atoms with Gasteiger partial charge in [0.05, 0.1) is 24.0 Å². The summed E-state index contributed by atoms with van der Waals surface area (Å²) in [7, 11) is 0. The predicted molar refractivity (Wildman–Crippen MR) is 100 cm³/mol. The van der Waals surface area contributed by atoms with Crippen LogP contribution in [0.5, 0.6) is 0 Å². The smallest absolute Gasteiger partial charge is 0.313 e. The number of hydrogen-bond acceptors (Lipinski definition) is 4. The van der Waals surface area contributed by atoms with Gasteiger partial charge in [-0.25, -0.2) is 0 Å². The summed E-state index contributed by atoms with van der Waals surface area (Å²) in [5.41, 5.74) is 0.